The summed E-state index contributed by atoms with van der Waals surface area (Å²) in [5.74, 6) is 0.0793. The van der Waals surface area contributed by atoms with Crippen molar-refractivity contribution in [3.05, 3.63) is 82.7 Å². The molecule has 0 aliphatic heterocycles. The molecule has 4 heteroatoms. The molecule has 3 aromatic carbocycles. The molecular weight excluding hydrogens is 314 g/mol. The van der Waals surface area contributed by atoms with E-state index in [1.165, 1.54) is 22.9 Å². The van der Waals surface area contributed by atoms with Gasteiger partial charge in [-0.2, -0.15) is 0 Å². The largest absolute Gasteiger partial charge is 0.508 e. The summed E-state index contributed by atoms with van der Waals surface area (Å²) in [7, 11) is 1.99. The van der Waals surface area contributed by atoms with Crippen LogP contribution >= 0.6 is 0 Å². The number of hydrogen-bond acceptors (Lipinski definition) is 4. The molecule has 0 saturated heterocycles. The van der Waals surface area contributed by atoms with Gasteiger partial charge in [0.25, 0.3) is 0 Å². The number of rotatable bonds is 3. The summed E-state index contributed by atoms with van der Waals surface area (Å²) in [4.78, 5) is 13.9. The van der Waals surface area contributed by atoms with Crippen LogP contribution in [0.2, 0.25) is 0 Å². The highest BCUT2D eigenvalue weighted by Crippen LogP contribution is 2.26. The fraction of sp³-hybridized carbons (Fsp3) is 0.0952. The Morgan fingerprint density at radius 2 is 1.76 bits per heavy atom. The Balaban J connectivity index is 1.73. The van der Waals surface area contributed by atoms with Crippen molar-refractivity contribution in [2.75, 3.05) is 11.9 Å². The SMILES string of the molecule is CN(Cc1cc(=O)oc2cc(O)ccc12)c1ccc2ccccc2c1. The van der Waals surface area contributed by atoms with Gasteiger partial charge in [-0.05, 0) is 40.6 Å². The lowest BCUT2D eigenvalue weighted by atomic mass is 10.1. The van der Waals surface area contributed by atoms with Gasteiger partial charge in [-0.25, -0.2) is 4.79 Å². The van der Waals surface area contributed by atoms with Crippen LogP contribution in [0.25, 0.3) is 21.7 Å². The predicted molar refractivity (Wildman–Crippen MR) is 100 cm³/mol. The standard InChI is InChI=1S/C21H17NO3/c1-22(17-7-6-14-4-2-3-5-15(14)10-17)13-16-11-21(24)25-20-12-18(23)8-9-19(16)20/h2-12,23H,13H2,1H3. The average molecular weight is 331 g/mol. The van der Waals surface area contributed by atoms with Crippen LogP contribution in [0, 0.1) is 0 Å². The third-order valence-corrected chi connectivity index (χ3v) is 4.40. The first-order chi connectivity index (χ1) is 12.1. The smallest absolute Gasteiger partial charge is 0.336 e. The van der Waals surface area contributed by atoms with Crippen LogP contribution in [0.3, 0.4) is 0 Å². The highest BCUT2D eigenvalue weighted by Gasteiger charge is 2.10. The summed E-state index contributed by atoms with van der Waals surface area (Å²) in [6, 6.07) is 20.9. The summed E-state index contributed by atoms with van der Waals surface area (Å²) >= 11 is 0. The number of hydrogen-bond donors (Lipinski definition) is 1. The molecule has 0 fully saturated rings. The van der Waals surface area contributed by atoms with Crippen LogP contribution in [0.4, 0.5) is 5.69 Å². The lowest BCUT2D eigenvalue weighted by Crippen LogP contribution is -2.17. The minimum Gasteiger partial charge on any atom is -0.508 e. The maximum Gasteiger partial charge on any atom is 0.336 e. The number of nitrogens with zero attached hydrogens (tertiary/aromatic N) is 1. The molecule has 124 valence electrons. The molecule has 0 aliphatic carbocycles. The van der Waals surface area contributed by atoms with Crippen LogP contribution in [0.15, 0.2) is 75.9 Å². The molecule has 4 nitrogen and oxygen atoms in total. The lowest BCUT2D eigenvalue weighted by Gasteiger charge is -2.20. The summed E-state index contributed by atoms with van der Waals surface area (Å²) in [5, 5.41) is 12.8. The molecule has 0 spiro atoms. The number of benzene rings is 3. The average Bonchev–Trinajstić information content (AvgIpc) is 2.60. The monoisotopic (exact) mass is 331 g/mol. The Kier molecular flexibility index (Phi) is 3.65. The molecule has 1 N–H and O–H groups in total. The molecule has 25 heavy (non-hydrogen) atoms. The van der Waals surface area contributed by atoms with Gasteiger partial charge in [0.15, 0.2) is 0 Å². The van der Waals surface area contributed by atoms with E-state index >= 15 is 0 Å². The second kappa shape index (κ2) is 5.98. The molecule has 0 amide bonds. The molecule has 1 heterocycles. The summed E-state index contributed by atoms with van der Waals surface area (Å²) in [6.07, 6.45) is 0. The molecule has 0 bridgehead atoms. The van der Waals surface area contributed by atoms with Gasteiger partial charge in [0.1, 0.15) is 11.3 Å². The maximum atomic E-state index is 11.8. The minimum atomic E-state index is -0.417. The van der Waals surface area contributed by atoms with Crippen LogP contribution in [-0.4, -0.2) is 12.2 Å². The van der Waals surface area contributed by atoms with Crippen LogP contribution < -0.4 is 10.5 Å². The van der Waals surface area contributed by atoms with E-state index in [2.05, 4.69) is 35.2 Å². The molecular formula is C21H17NO3. The first-order valence-electron chi connectivity index (χ1n) is 8.06. The van der Waals surface area contributed by atoms with E-state index in [1.54, 1.807) is 12.1 Å². The minimum absolute atomic E-state index is 0.0793. The zero-order valence-electron chi connectivity index (χ0n) is 13.8. The molecule has 4 aromatic rings. The molecule has 0 aliphatic rings. The van der Waals surface area contributed by atoms with Gasteiger partial charge < -0.3 is 14.4 Å². The summed E-state index contributed by atoms with van der Waals surface area (Å²) in [5.41, 5.74) is 1.91. The lowest BCUT2D eigenvalue weighted by molar-refractivity contribution is 0.473. The van der Waals surface area contributed by atoms with Gasteiger partial charge in [0.2, 0.25) is 0 Å². The number of anilines is 1. The Morgan fingerprint density at radius 1 is 0.960 bits per heavy atom. The molecule has 1 aromatic heterocycles. The molecule has 4 rings (SSSR count). The van der Waals surface area contributed by atoms with Crippen molar-refractivity contribution in [3.8, 4) is 5.75 Å². The van der Waals surface area contributed by atoms with Crippen molar-refractivity contribution in [2.24, 2.45) is 0 Å². The topological polar surface area (TPSA) is 53.7 Å². The van der Waals surface area contributed by atoms with Gasteiger partial charge >= 0.3 is 5.63 Å². The maximum absolute atomic E-state index is 11.8. The first kappa shape index (κ1) is 15.3. The first-order valence-corrected chi connectivity index (χ1v) is 8.06. The van der Waals surface area contributed by atoms with E-state index in [0.717, 1.165) is 16.6 Å². The number of fused-ring (bicyclic) bond motifs is 2. The second-order valence-corrected chi connectivity index (χ2v) is 6.16. The molecule has 0 unspecified atom stereocenters. The Morgan fingerprint density at radius 3 is 2.60 bits per heavy atom. The highest BCUT2D eigenvalue weighted by molar-refractivity contribution is 5.86. The van der Waals surface area contributed by atoms with Gasteiger partial charge in [0, 0.05) is 36.8 Å². The van der Waals surface area contributed by atoms with E-state index in [-0.39, 0.29) is 5.75 Å². The zero-order chi connectivity index (χ0) is 17.4. The van der Waals surface area contributed by atoms with Gasteiger partial charge in [0.05, 0.1) is 0 Å². The van der Waals surface area contributed by atoms with E-state index < -0.39 is 5.63 Å². The fourth-order valence-electron chi connectivity index (χ4n) is 3.11. The predicted octanol–water partition coefficient (Wildman–Crippen LogP) is 4.29. The Labute approximate surface area is 144 Å². The molecule has 0 radical (unpaired) electrons. The van der Waals surface area contributed by atoms with Crippen molar-refractivity contribution >= 4 is 27.4 Å². The quantitative estimate of drug-likeness (QED) is 0.569. The van der Waals surface area contributed by atoms with Crippen molar-refractivity contribution in [1.82, 2.24) is 0 Å². The zero-order valence-corrected chi connectivity index (χ0v) is 13.8. The normalized spacial score (nSPS) is 11.1. The third-order valence-electron chi connectivity index (χ3n) is 4.40. The van der Waals surface area contributed by atoms with Gasteiger partial charge in [-0.15, -0.1) is 0 Å². The number of phenolic OH excluding ortho intramolecular Hbond substituents is 1. The van der Waals surface area contributed by atoms with E-state index in [0.29, 0.717) is 12.1 Å². The summed E-state index contributed by atoms with van der Waals surface area (Å²) in [6.45, 7) is 0.561. The molecule has 0 atom stereocenters. The van der Waals surface area contributed by atoms with E-state index in [1.807, 2.05) is 19.2 Å². The highest BCUT2D eigenvalue weighted by atomic mass is 16.4. The van der Waals surface area contributed by atoms with Crippen molar-refractivity contribution < 1.29 is 9.52 Å². The summed E-state index contributed by atoms with van der Waals surface area (Å²) < 4.78 is 5.19. The Bertz CT molecular complexity index is 1130. The Hall–Kier alpha value is -3.27. The van der Waals surface area contributed by atoms with Crippen molar-refractivity contribution in [3.63, 3.8) is 0 Å². The second-order valence-electron chi connectivity index (χ2n) is 6.16. The van der Waals surface area contributed by atoms with Crippen LogP contribution in [0.1, 0.15) is 5.56 Å². The number of aromatic hydroxyl groups is 1. The van der Waals surface area contributed by atoms with Crippen molar-refractivity contribution in [2.45, 2.75) is 6.54 Å². The fourth-order valence-corrected chi connectivity index (χ4v) is 3.11. The van der Waals surface area contributed by atoms with Crippen molar-refractivity contribution in [1.29, 1.82) is 0 Å². The van der Waals surface area contributed by atoms with Gasteiger partial charge in [-0.1, -0.05) is 30.3 Å². The van der Waals surface area contributed by atoms with Gasteiger partial charge in [-0.3, -0.25) is 0 Å². The van der Waals surface area contributed by atoms with E-state index in [9.17, 15) is 9.90 Å². The number of phenols is 1. The van der Waals surface area contributed by atoms with Crippen LogP contribution in [0.5, 0.6) is 5.75 Å². The van der Waals surface area contributed by atoms with Crippen LogP contribution in [-0.2, 0) is 6.54 Å². The van der Waals surface area contributed by atoms with E-state index in [4.69, 9.17) is 4.42 Å². The molecule has 0 saturated carbocycles. The third kappa shape index (κ3) is 2.94.